The van der Waals surface area contributed by atoms with Gasteiger partial charge in [0.15, 0.2) is 0 Å². The van der Waals surface area contributed by atoms with Crippen LogP contribution in [0, 0.1) is 0 Å². The van der Waals surface area contributed by atoms with Gasteiger partial charge in [-0.25, -0.2) is 0 Å². The summed E-state index contributed by atoms with van der Waals surface area (Å²) in [7, 11) is 0. The minimum Gasteiger partial charge on any atom is -0.265 e. The van der Waals surface area contributed by atoms with Crippen molar-refractivity contribution in [1.29, 1.82) is 0 Å². The van der Waals surface area contributed by atoms with E-state index in [4.69, 9.17) is 11.5 Å². The standard InChI is InChI=1S/C5H5N.O3Se/c1-2-4-6-5-3-1;1-4(2)3/h1-5H;. The molecule has 0 radical (unpaired) electrons. The minimum absolute atomic E-state index is 1.75. The molecule has 0 aliphatic carbocycles. The monoisotopic (exact) mass is 207 g/mol. The van der Waals surface area contributed by atoms with Crippen molar-refractivity contribution < 1.29 is 11.5 Å². The predicted octanol–water partition coefficient (Wildman–Crippen LogP) is 0.344. The van der Waals surface area contributed by atoms with Crippen LogP contribution in [0.25, 0.3) is 0 Å². The van der Waals surface area contributed by atoms with Crippen LogP contribution < -0.4 is 0 Å². The molecule has 0 saturated heterocycles. The van der Waals surface area contributed by atoms with Gasteiger partial charge in [-0.05, 0) is 12.1 Å². The SMILES string of the molecule is O=[Se](=O)=O.c1ccncc1. The fourth-order valence-corrected chi connectivity index (χ4v) is 0.313. The zero-order valence-corrected chi connectivity index (χ0v) is 6.68. The van der Waals surface area contributed by atoms with Gasteiger partial charge in [-0.1, -0.05) is 6.07 Å². The zero-order chi connectivity index (χ0) is 7.82. The smallest absolute Gasteiger partial charge is 0.0267 e. The number of hydrogen-bond acceptors (Lipinski definition) is 4. The fourth-order valence-electron chi connectivity index (χ4n) is 0.313. The average molecular weight is 206 g/mol. The molecule has 0 bridgehead atoms. The van der Waals surface area contributed by atoms with Gasteiger partial charge in [-0.15, -0.1) is 0 Å². The molecule has 10 heavy (non-hydrogen) atoms. The van der Waals surface area contributed by atoms with Crippen molar-refractivity contribution in [3.63, 3.8) is 0 Å². The molecule has 0 amide bonds. The van der Waals surface area contributed by atoms with Gasteiger partial charge < -0.3 is 0 Å². The Morgan fingerprint density at radius 3 is 1.40 bits per heavy atom. The Morgan fingerprint density at radius 2 is 1.30 bits per heavy atom. The molecule has 0 aliphatic heterocycles. The van der Waals surface area contributed by atoms with Crippen LogP contribution in [-0.4, -0.2) is 18.7 Å². The van der Waals surface area contributed by atoms with Crippen molar-refractivity contribution in [2.24, 2.45) is 0 Å². The van der Waals surface area contributed by atoms with E-state index < -0.39 is 13.7 Å². The quantitative estimate of drug-likeness (QED) is 0.574. The van der Waals surface area contributed by atoms with E-state index >= 15 is 0 Å². The van der Waals surface area contributed by atoms with Crippen LogP contribution in [0.4, 0.5) is 0 Å². The second kappa shape index (κ2) is 6.19. The molecule has 0 aromatic carbocycles. The summed E-state index contributed by atoms with van der Waals surface area (Å²) in [5.74, 6) is 0. The van der Waals surface area contributed by atoms with Crippen LogP contribution in [0.3, 0.4) is 0 Å². The maximum atomic E-state index is 8.54. The van der Waals surface area contributed by atoms with Crippen LogP contribution in [0.5, 0.6) is 0 Å². The van der Waals surface area contributed by atoms with Gasteiger partial charge in [0.1, 0.15) is 0 Å². The second-order valence-electron chi connectivity index (χ2n) is 1.23. The summed E-state index contributed by atoms with van der Waals surface area (Å²) in [6.45, 7) is 0. The van der Waals surface area contributed by atoms with E-state index in [0.717, 1.165) is 0 Å². The largest absolute Gasteiger partial charge is 0.265 e. The predicted molar refractivity (Wildman–Crippen MR) is 32.1 cm³/mol. The van der Waals surface area contributed by atoms with Gasteiger partial charge >= 0.3 is 25.2 Å². The van der Waals surface area contributed by atoms with Gasteiger partial charge in [0.2, 0.25) is 0 Å². The summed E-state index contributed by atoms with van der Waals surface area (Å²) < 4.78 is 25.6. The topological polar surface area (TPSA) is 64.1 Å². The number of nitrogens with zero attached hydrogens (tertiary/aromatic N) is 1. The molecule has 1 aromatic rings. The van der Waals surface area contributed by atoms with Crippen molar-refractivity contribution in [3.8, 4) is 0 Å². The number of rotatable bonds is 0. The number of pyridine rings is 1. The first-order chi connectivity index (χ1) is 4.73. The van der Waals surface area contributed by atoms with Gasteiger partial charge in [0, 0.05) is 12.4 Å². The van der Waals surface area contributed by atoms with E-state index in [1.165, 1.54) is 0 Å². The van der Waals surface area contributed by atoms with Crippen LogP contribution in [0.1, 0.15) is 0 Å². The maximum absolute atomic E-state index is 8.54. The Bertz CT molecular complexity index is 220. The molecule has 0 N–H and O–H groups in total. The first-order valence-electron chi connectivity index (χ1n) is 2.35. The molecular weight excluding hydrogens is 201 g/mol. The molecule has 54 valence electrons. The Labute approximate surface area is 61.4 Å². The molecule has 5 heteroatoms. The third-order valence-electron chi connectivity index (χ3n) is 0.566. The van der Waals surface area contributed by atoms with Crippen molar-refractivity contribution in [3.05, 3.63) is 30.6 Å². The molecule has 0 aliphatic rings. The summed E-state index contributed by atoms with van der Waals surface area (Å²) >= 11 is -3.79. The number of hydrogen-bond donors (Lipinski definition) is 0. The molecule has 1 aromatic heterocycles. The Balaban J connectivity index is 0.000000180. The maximum Gasteiger partial charge on any atom is 0.0267 e. The first-order valence-corrected chi connectivity index (χ1v) is 4.45. The Morgan fingerprint density at radius 1 is 0.900 bits per heavy atom. The van der Waals surface area contributed by atoms with Gasteiger partial charge in [0.05, 0.1) is 0 Å². The van der Waals surface area contributed by atoms with Crippen LogP contribution in [0.15, 0.2) is 30.6 Å². The molecule has 0 fully saturated rings. The van der Waals surface area contributed by atoms with E-state index in [2.05, 4.69) is 4.98 Å². The summed E-state index contributed by atoms with van der Waals surface area (Å²) in [4.78, 5) is 3.78. The number of aromatic nitrogens is 1. The average Bonchev–Trinajstić information content (AvgIpc) is 1.90. The van der Waals surface area contributed by atoms with Crippen molar-refractivity contribution in [2.75, 3.05) is 0 Å². The summed E-state index contributed by atoms with van der Waals surface area (Å²) in [5, 5.41) is 0. The summed E-state index contributed by atoms with van der Waals surface area (Å²) in [5.41, 5.74) is 0. The zero-order valence-electron chi connectivity index (χ0n) is 4.97. The second-order valence-corrected chi connectivity index (χ2v) is 2.09. The third-order valence-corrected chi connectivity index (χ3v) is 0.566. The van der Waals surface area contributed by atoms with Crippen LogP contribution in [-0.2, 0) is 11.5 Å². The molecule has 1 heterocycles. The third kappa shape index (κ3) is 10.1. The van der Waals surface area contributed by atoms with Gasteiger partial charge in [-0.3, -0.25) is 4.98 Å². The van der Waals surface area contributed by atoms with Crippen molar-refractivity contribution in [1.82, 2.24) is 4.98 Å². The van der Waals surface area contributed by atoms with Crippen LogP contribution in [0.2, 0.25) is 0 Å². The Kier molecular flexibility index (Phi) is 5.62. The molecule has 0 unspecified atom stereocenters. The summed E-state index contributed by atoms with van der Waals surface area (Å²) in [6.07, 6.45) is 3.50. The first kappa shape index (κ1) is 9.07. The van der Waals surface area contributed by atoms with E-state index in [9.17, 15) is 0 Å². The van der Waals surface area contributed by atoms with E-state index in [1.807, 2.05) is 18.2 Å². The molecule has 0 spiro atoms. The fraction of sp³-hybridized carbons (Fsp3) is 0. The van der Waals surface area contributed by atoms with Crippen molar-refractivity contribution >= 4 is 13.7 Å². The van der Waals surface area contributed by atoms with Crippen LogP contribution >= 0.6 is 0 Å². The van der Waals surface area contributed by atoms with Gasteiger partial charge in [0.25, 0.3) is 0 Å². The molecule has 1 rings (SSSR count). The normalized spacial score (nSPS) is 7.20. The minimum atomic E-state index is -3.79. The summed E-state index contributed by atoms with van der Waals surface area (Å²) in [6, 6.07) is 5.72. The molecule has 4 nitrogen and oxygen atoms in total. The van der Waals surface area contributed by atoms with Gasteiger partial charge in [-0.2, -0.15) is 0 Å². The van der Waals surface area contributed by atoms with Crippen molar-refractivity contribution in [2.45, 2.75) is 0 Å². The molecular formula is C5H5NO3Se. The molecule has 0 atom stereocenters. The van der Waals surface area contributed by atoms with E-state index in [1.54, 1.807) is 12.4 Å². The van der Waals surface area contributed by atoms with E-state index in [-0.39, 0.29) is 0 Å². The molecule has 0 saturated carbocycles. The van der Waals surface area contributed by atoms with E-state index in [0.29, 0.717) is 0 Å². The Hall–Kier alpha value is -0.931.